The minimum absolute atomic E-state index is 0.282. The average Bonchev–Trinajstić information content (AvgIpc) is 2.76. The Hall–Kier alpha value is -3.47. The maximum Gasteiger partial charge on any atom is 0.309 e. The molecule has 1 aliphatic rings. The molecule has 0 radical (unpaired) electrons. The van der Waals surface area contributed by atoms with E-state index < -0.39 is 11.8 Å². The summed E-state index contributed by atoms with van der Waals surface area (Å²) in [5.41, 5.74) is 1.26. The predicted molar refractivity (Wildman–Crippen MR) is 103 cm³/mol. The molecule has 28 heavy (non-hydrogen) atoms. The first-order chi connectivity index (χ1) is 13.7. The molecule has 1 aliphatic heterocycles. The van der Waals surface area contributed by atoms with E-state index in [2.05, 4.69) is 26.7 Å². The molecule has 3 rings (SSSR count). The van der Waals surface area contributed by atoms with Crippen LogP contribution in [-0.4, -0.2) is 41.4 Å². The van der Waals surface area contributed by atoms with Crippen LogP contribution < -0.4 is 15.5 Å². The topological polar surface area (TPSA) is 111 Å². The van der Waals surface area contributed by atoms with Crippen LogP contribution in [-0.2, 0) is 16.1 Å². The van der Waals surface area contributed by atoms with Crippen molar-refractivity contribution in [3.05, 3.63) is 54.0 Å². The lowest BCUT2D eigenvalue weighted by atomic mass is 9.96. The molecular weight excluding hydrogens is 356 g/mol. The van der Waals surface area contributed by atoms with Crippen molar-refractivity contribution in [3.63, 3.8) is 0 Å². The van der Waals surface area contributed by atoms with Crippen LogP contribution in [0.15, 0.2) is 42.7 Å². The Labute approximate surface area is 163 Å². The molecule has 1 fully saturated rings. The number of piperidine rings is 1. The number of aromatic nitrogens is 2. The van der Waals surface area contributed by atoms with E-state index in [4.69, 9.17) is 5.26 Å². The molecule has 0 aliphatic carbocycles. The predicted octanol–water partition coefficient (Wildman–Crippen LogP) is 0.997. The van der Waals surface area contributed by atoms with E-state index in [0.717, 1.165) is 31.5 Å². The fraction of sp³-hybridized carbons (Fsp3) is 0.350. The molecule has 2 heterocycles. The SMILES string of the molecule is N#Cc1nccnc1N1CCC(CNC(=O)C(=O)NCc2ccccc2)CC1. The smallest absolute Gasteiger partial charge is 0.309 e. The van der Waals surface area contributed by atoms with Crippen molar-refractivity contribution < 1.29 is 9.59 Å². The number of nitrogens with zero attached hydrogens (tertiary/aromatic N) is 4. The highest BCUT2D eigenvalue weighted by atomic mass is 16.2. The van der Waals surface area contributed by atoms with Gasteiger partial charge in [0.2, 0.25) is 0 Å². The van der Waals surface area contributed by atoms with Crippen LogP contribution in [0, 0.1) is 17.2 Å². The van der Waals surface area contributed by atoms with E-state index in [1.165, 1.54) is 6.20 Å². The quantitative estimate of drug-likeness (QED) is 0.751. The molecule has 8 heteroatoms. The molecule has 0 unspecified atom stereocenters. The highest BCUT2D eigenvalue weighted by Crippen LogP contribution is 2.22. The standard InChI is InChI=1S/C20H22N6O2/c21-12-17-18(23-9-8-22-17)26-10-6-16(7-11-26)14-25-20(28)19(27)24-13-15-4-2-1-3-5-15/h1-5,8-9,16H,6-7,10-11,13-14H2,(H,24,27)(H,25,28). The summed E-state index contributed by atoms with van der Waals surface area (Å²) in [7, 11) is 0. The van der Waals surface area contributed by atoms with Crippen molar-refractivity contribution in [2.24, 2.45) is 5.92 Å². The number of amides is 2. The summed E-state index contributed by atoms with van der Waals surface area (Å²) in [4.78, 5) is 34.2. The van der Waals surface area contributed by atoms with Crippen LogP contribution >= 0.6 is 0 Å². The van der Waals surface area contributed by atoms with Gasteiger partial charge in [0, 0.05) is 38.6 Å². The number of carbonyl (C=O) groups excluding carboxylic acids is 2. The van der Waals surface area contributed by atoms with Gasteiger partial charge in [0.15, 0.2) is 11.5 Å². The number of hydrogen-bond donors (Lipinski definition) is 2. The number of nitriles is 1. The van der Waals surface area contributed by atoms with E-state index in [9.17, 15) is 9.59 Å². The van der Waals surface area contributed by atoms with Crippen LogP contribution in [0.25, 0.3) is 0 Å². The lowest BCUT2D eigenvalue weighted by Gasteiger charge is -2.32. The lowest BCUT2D eigenvalue weighted by Crippen LogP contribution is -2.44. The van der Waals surface area contributed by atoms with Crippen LogP contribution in [0.1, 0.15) is 24.1 Å². The highest BCUT2D eigenvalue weighted by Gasteiger charge is 2.23. The lowest BCUT2D eigenvalue weighted by molar-refractivity contribution is -0.139. The summed E-state index contributed by atoms with van der Waals surface area (Å²) in [6.45, 7) is 2.24. The Morgan fingerprint density at radius 1 is 1.07 bits per heavy atom. The van der Waals surface area contributed by atoms with Crippen molar-refractivity contribution in [1.82, 2.24) is 20.6 Å². The van der Waals surface area contributed by atoms with Crippen LogP contribution in [0.4, 0.5) is 5.82 Å². The monoisotopic (exact) mass is 378 g/mol. The molecule has 0 atom stereocenters. The minimum Gasteiger partial charge on any atom is -0.354 e. The van der Waals surface area contributed by atoms with Gasteiger partial charge in [0.1, 0.15) is 6.07 Å². The van der Waals surface area contributed by atoms with Crippen molar-refractivity contribution >= 4 is 17.6 Å². The number of rotatable bonds is 5. The Morgan fingerprint density at radius 2 is 1.75 bits per heavy atom. The fourth-order valence-electron chi connectivity index (χ4n) is 3.17. The fourth-order valence-corrected chi connectivity index (χ4v) is 3.17. The van der Waals surface area contributed by atoms with Gasteiger partial charge in [-0.2, -0.15) is 5.26 Å². The third-order valence-corrected chi connectivity index (χ3v) is 4.75. The van der Waals surface area contributed by atoms with Gasteiger partial charge in [-0.1, -0.05) is 30.3 Å². The second kappa shape index (κ2) is 9.46. The highest BCUT2D eigenvalue weighted by molar-refractivity contribution is 6.35. The van der Waals surface area contributed by atoms with E-state index >= 15 is 0 Å². The Balaban J connectivity index is 1.40. The molecule has 8 nitrogen and oxygen atoms in total. The van der Waals surface area contributed by atoms with Crippen molar-refractivity contribution in [1.29, 1.82) is 5.26 Å². The first-order valence-electron chi connectivity index (χ1n) is 9.23. The number of benzene rings is 1. The van der Waals surface area contributed by atoms with Crippen LogP contribution in [0.2, 0.25) is 0 Å². The number of carbonyl (C=O) groups is 2. The van der Waals surface area contributed by atoms with Gasteiger partial charge in [0.25, 0.3) is 0 Å². The van der Waals surface area contributed by atoms with Crippen LogP contribution in [0.5, 0.6) is 0 Å². The molecule has 0 bridgehead atoms. The summed E-state index contributed by atoms with van der Waals surface area (Å²) in [6, 6.07) is 11.5. The average molecular weight is 378 g/mol. The summed E-state index contributed by atoms with van der Waals surface area (Å²) in [5, 5.41) is 14.5. The van der Waals surface area contributed by atoms with Gasteiger partial charge < -0.3 is 15.5 Å². The Bertz CT molecular complexity index is 856. The molecule has 2 aromatic rings. The zero-order valence-electron chi connectivity index (χ0n) is 15.5. The number of hydrogen-bond acceptors (Lipinski definition) is 6. The normalized spacial score (nSPS) is 14.2. The number of nitrogens with one attached hydrogen (secondary N) is 2. The molecule has 2 amide bonds. The van der Waals surface area contributed by atoms with Gasteiger partial charge >= 0.3 is 11.8 Å². The third-order valence-electron chi connectivity index (χ3n) is 4.75. The van der Waals surface area contributed by atoms with E-state index in [0.29, 0.717) is 24.6 Å². The zero-order chi connectivity index (χ0) is 19.8. The molecule has 1 aromatic heterocycles. The summed E-state index contributed by atoms with van der Waals surface area (Å²) >= 11 is 0. The van der Waals surface area contributed by atoms with Gasteiger partial charge in [-0.25, -0.2) is 9.97 Å². The van der Waals surface area contributed by atoms with E-state index in [1.807, 2.05) is 35.2 Å². The largest absolute Gasteiger partial charge is 0.354 e. The maximum absolute atomic E-state index is 12.0. The molecule has 2 N–H and O–H groups in total. The van der Waals surface area contributed by atoms with Gasteiger partial charge in [-0.15, -0.1) is 0 Å². The Kier molecular flexibility index (Phi) is 6.52. The molecule has 0 saturated carbocycles. The van der Waals surface area contributed by atoms with Crippen LogP contribution in [0.3, 0.4) is 0 Å². The molecule has 1 aromatic carbocycles. The van der Waals surface area contributed by atoms with E-state index in [1.54, 1.807) is 6.20 Å². The zero-order valence-corrected chi connectivity index (χ0v) is 15.5. The first kappa shape index (κ1) is 19.3. The van der Waals surface area contributed by atoms with Gasteiger partial charge in [0.05, 0.1) is 0 Å². The van der Waals surface area contributed by atoms with Gasteiger partial charge in [-0.3, -0.25) is 9.59 Å². The minimum atomic E-state index is -0.625. The van der Waals surface area contributed by atoms with Gasteiger partial charge in [-0.05, 0) is 24.3 Å². The molecule has 1 saturated heterocycles. The summed E-state index contributed by atoms with van der Waals surface area (Å²) < 4.78 is 0. The molecule has 144 valence electrons. The number of anilines is 1. The first-order valence-corrected chi connectivity index (χ1v) is 9.23. The van der Waals surface area contributed by atoms with E-state index in [-0.39, 0.29) is 5.92 Å². The van der Waals surface area contributed by atoms with Crippen molar-refractivity contribution in [2.75, 3.05) is 24.5 Å². The Morgan fingerprint density at radius 3 is 2.46 bits per heavy atom. The molecule has 0 spiro atoms. The third kappa shape index (κ3) is 5.04. The summed E-state index contributed by atoms with van der Waals surface area (Å²) in [5.74, 6) is -0.351. The summed E-state index contributed by atoms with van der Waals surface area (Å²) in [6.07, 6.45) is 4.77. The maximum atomic E-state index is 12.0. The van der Waals surface area contributed by atoms with Crippen molar-refractivity contribution in [2.45, 2.75) is 19.4 Å². The van der Waals surface area contributed by atoms with Crippen molar-refractivity contribution in [3.8, 4) is 6.07 Å². The second-order valence-electron chi connectivity index (χ2n) is 6.65. The molecular formula is C20H22N6O2. The second-order valence-corrected chi connectivity index (χ2v) is 6.65.